The van der Waals surface area contributed by atoms with E-state index in [-0.39, 0.29) is 18.6 Å². The SMILES string of the molecule is Cc1csc(CN2CCO[C@H](CN(C)CC(N)=O)C2)n1. The largest absolute Gasteiger partial charge is 0.374 e. The van der Waals surface area contributed by atoms with Crippen LogP contribution in [0, 0.1) is 6.92 Å². The Hall–Kier alpha value is -1.02. The van der Waals surface area contributed by atoms with Gasteiger partial charge in [-0.3, -0.25) is 14.6 Å². The molecule has 20 heavy (non-hydrogen) atoms. The summed E-state index contributed by atoms with van der Waals surface area (Å²) in [6.45, 7) is 6.39. The van der Waals surface area contributed by atoms with Crippen molar-refractivity contribution in [1.29, 1.82) is 0 Å². The van der Waals surface area contributed by atoms with Crippen LogP contribution < -0.4 is 5.73 Å². The van der Waals surface area contributed by atoms with Crippen molar-refractivity contribution >= 4 is 17.2 Å². The van der Waals surface area contributed by atoms with Crippen molar-refractivity contribution in [3.63, 3.8) is 0 Å². The molecule has 1 amide bonds. The number of carbonyl (C=O) groups is 1. The second-order valence-electron chi connectivity index (χ2n) is 5.27. The lowest BCUT2D eigenvalue weighted by molar-refractivity contribution is -0.119. The number of aryl methyl sites for hydroxylation is 1. The van der Waals surface area contributed by atoms with Crippen LogP contribution in [0.25, 0.3) is 0 Å². The van der Waals surface area contributed by atoms with E-state index in [1.54, 1.807) is 11.3 Å². The van der Waals surface area contributed by atoms with Gasteiger partial charge in [0.2, 0.25) is 5.91 Å². The number of aromatic nitrogens is 1. The lowest BCUT2D eigenvalue weighted by atomic mass is 10.2. The lowest BCUT2D eigenvalue weighted by Crippen LogP contribution is -2.47. The number of hydrogen-bond donors (Lipinski definition) is 1. The predicted octanol–water partition coefficient (Wildman–Crippen LogP) is 0.0694. The van der Waals surface area contributed by atoms with E-state index in [0.29, 0.717) is 0 Å². The van der Waals surface area contributed by atoms with E-state index >= 15 is 0 Å². The number of hydrogen-bond acceptors (Lipinski definition) is 6. The zero-order valence-corrected chi connectivity index (χ0v) is 12.9. The minimum Gasteiger partial charge on any atom is -0.374 e. The summed E-state index contributed by atoms with van der Waals surface area (Å²) < 4.78 is 5.75. The maximum absolute atomic E-state index is 10.9. The molecule has 0 radical (unpaired) electrons. The Morgan fingerprint density at radius 3 is 3.15 bits per heavy atom. The van der Waals surface area contributed by atoms with Crippen LogP contribution in [0.4, 0.5) is 0 Å². The number of amides is 1. The van der Waals surface area contributed by atoms with E-state index < -0.39 is 0 Å². The van der Waals surface area contributed by atoms with Crippen LogP contribution in [0.5, 0.6) is 0 Å². The molecule has 1 aliphatic heterocycles. The fourth-order valence-electron chi connectivity index (χ4n) is 2.38. The van der Waals surface area contributed by atoms with Crippen molar-refractivity contribution in [2.24, 2.45) is 5.73 Å². The highest BCUT2D eigenvalue weighted by Gasteiger charge is 2.22. The zero-order valence-electron chi connectivity index (χ0n) is 12.0. The molecule has 6 nitrogen and oxygen atoms in total. The summed E-state index contributed by atoms with van der Waals surface area (Å²) in [5.41, 5.74) is 6.27. The number of morpholine rings is 1. The average molecular weight is 298 g/mol. The Balaban J connectivity index is 1.80. The van der Waals surface area contributed by atoms with Crippen molar-refractivity contribution in [2.75, 3.05) is 39.8 Å². The first kappa shape index (κ1) is 15.4. The highest BCUT2D eigenvalue weighted by molar-refractivity contribution is 7.09. The number of nitrogens with two attached hydrogens (primary N) is 1. The van der Waals surface area contributed by atoms with Gasteiger partial charge in [-0.05, 0) is 14.0 Å². The topological polar surface area (TPSA) is 71.7 Å². The molecule has 1 fully saturated rings. The van der Waals surface area contributed by atoms with Crippen LogP contribution in [-0.2, 0) is 16.1 Å². The Kier molecular flexibility index (Phi) is 5.47. The normalized spacial score (nSPS) is 20.4. The zero-order chi connectivity index (χ0) is 14.5. The third-order valence-electron chi connectivity index (χ3n) is 3.19. The van der Waals surface area contributed by atoms with E-state index in [0.717, 1.165) is 43.5 Å². The van der Waals surface area contributed by atoms with Gasteiger partial charge >= 0.3 is 0 Å². The van der Waals surface area contributed by atoms with Crippen molar-refractivity contribution in [2.45, 2.75) is 19.6 Å². The predicted molar refractivity (Wildman–Crippen MR) is 78.6 cm³/mol. The molecule has 0 spiro atoms. The minimum atomic E-state index is -0.307. The summed E-state index contributed by atoms with van der Waals surface area (Å²) in [7, 11) is 1.89. The molecule has 1 atom stereocenters. The van der Waals surface area contributed by atoms with Gasteiger partial charge in [0, 0.05) is 30.7 Å². The molecule has 2 rings (SSSR count). The number of rotatable bonds is 6. The van der Waals surface area contributed by atoms with Crippen LogP contribution in [0.1, 0.15) is 10.7 Å². The summed E-state index contributed by atoms with van der Waals surface area (Å²) >= 11 is 1.70. The molecule has 0 bridgehead atoms. The van der Waals surface area contributed by atoms with Gasteiger partial charge in [-0.25, -0.2) is 4.98 Å². The molecule has 1 aromatic rings. The average Bonchev–Trinajstić information content (AvgIpc) is 2.74. The number of primary amides is 1. The van der Waals surface area contributed by atoms with Gasteiger partial charge < -0.3 is 10.5 Å². The van der Waals surface area contributed by atoms with Crippen LogP contribution in [0.3, 0.4) is 0 Å². The maximum Gasteiger partial charge on any atom is 0.231 e. The Labute approximate surface area is 123 Å². The third-order valence-corrected chi connectivity index (χ3v) is 4.14. The first-order chi connectivity index (χ1) is 9.52. The van der Waals surface area contributed by atoms with E-state index in [4.69, 9.17) is 10.5 Å². The molecular weight excluding hydrogens is 276 g/mol. The number of likely N-dealkylation sites (N-methyl/N-ethyl adjacent to an activating group) is 1. The minimum absolute atomic E-state index is 0.120. The summed E-state index contributed by atoms with van der Waals surface area (Å²) in [5.74, 6) is -0.307. The fourth-order valence-corrected chi connectivity index (χ4v) is 3.19. The Morgan fingerprint density at radius 1 is 1.70 bits per heavy atom. The quantitative estimate of drug-likeness (QED) is 0.805. The maximum atomic E-state index is 10.9. The van der Waals surface area contributed by atoms with E-state index in [9.17, 15) is 4.79 Å². The number of ether oxygens (including phenoxy) is 1. The molecule has 1 aliphatic rings. The van der Waals surface area contributed by atoms with Crippen molar-refractivity contribution in [3.8, 4) is 0 Å². The van der Waals surface area contributed by atoms with Gasteiger partial charge in [0.1, 0.15) is 5.01 Å². The van der Waals surface area contributed by atoms with Crippen LogP contribution in [-0.4, -0.2) is 66.6 Å². The molecule has 0 aliphatic carbocycles. The lowest BCUT2D eigenvalue weighted by Gasteiger charge is -2.34. The summed E-state index contributed by atoms with van der Waals surface area (Å²) in [6.07, 6.45) is 0.120. The molecule has 112 valence electrons. The van der Waals surface area contributed by atoms with Gasteiger partial charge in [0.05, 0.1) is 25.8 Å². The first-order valence-corrected chi connectivity index (χ1v) is 7.62. The van der Waals surface area contributed by atoms with Crippen molar-refractivity contribution in [1.82, 2.24) is 14.8 Å². The molecule has 1 aromatic heterocycles. The van der Waals surface area contributed by atoms with Gasteiger partial charge in [0.25, 0.3) is 0 Å². The summed E-state index contributed by atoms with van der Waals surface area (Å²) in [5, 5.41) is 3.22. The highest BCUT2D eigenvalue weighted by Crippen LogP contribution is 2.14. The molecule has 0 aromatic carbocycles. The molecule has 0 unspecified atom stereocenters. The van der Waals surface area contributed by atoms with Crippen molar-refractivity contribution in [3.05, 3.63) is 16.1 Å². The van der Waals surface area contributed by atoms with Crippen molar-refractivity contribution < 1.29 is 9.53 Å². The van der Waals surface area contributed by atoms with Crippen LogP contribution in [0.2, 0.25) is 0 Å². The second-order valence-corrected chi connectivity index (χ2v) is 6.22. The smallest absolute Gasteiger partial charge is 0.231 e. The van der Waals surface area contributed by atoms with Gasteiger partial charge in [-0.15, -0.1) is 11.3 Å². The standard InChI is InChI=1S/C13H22N4O2S/c1-10-9-20-13(15-10)8-17-3-4-19-11(6-17)5-16(2)7-12(14)18/h9,11H,3-8H2,1-2H3,(H2,14,18)/t11-/m1/s1. The van der Waals surface area contributed by atoms with E-state index in [2.05, 4.69) is 15.3 Å². The number of nitrogens with zero attached hydrogens (tertiary/aromatic N) is 3. The third kappa shape index (κ3) is 4.82. The second kappa shape index (κ2) is 7.12. The Bertz CT molecular complexity index is 451. The summed E-state index contributed by atoms with van der Waals surface area (Å²) in [6, 6.07) is 0. The molecule has 1 saturated heterocycles. The van der Waals surface area contributed by atoms with E-state index in [1.165, 1.54) is 0 Å². The molecule has 7 heteroatoms. The molecule has 2 N–H and O–H groups in total. The van der Waals surface area contributed by atoms with Gasteiger partial charge in [-0.2, -0.15) is 0 Å². The summed E-state index contributed by atoms with van der Waals surface area (Å²) in [4.78, 5) is 19.6. The fraction of sp³-hybridized carbons (Fsp3) is 0.692. The Morgan fingerprint density at radius 2 is 2.50 bits per heavy atom. The first-order valence-electron chi connectivity index (χ1n) is 6.74. The van der Waals surface area contributed by atoms with E-state index in [1.807, 2.05) is 18.9 Å². The molecule has 0 saturated carbocycles. The van der Waals surface area contributed by atoms with Gasteiger partial charge in [0.15, 0.2) is 0 Å². The van der Waals surface area contributed by atoms with Crippen LogP contribution in [0.15, 0.2) is 5.38 Å². The van der Waals surface area contributed by atoms with Crippen LogP contribution >= 0.6 is 11.3 Å². The number of carbonyl (C=O) groups excluding carboxylic acids is 1. The number of thiazole rings is 1. The highest BCUT2D eigenvalue weighted by atomic mass is 32.1. The monoisotopic (exact) mass is 298 g/mol. The molecular formula is C13H22N4O2S. The van der Waals surface area contributed by atoms with Gasteiger partial charge in [-0.1, -0.05) is 0 Å². The molecule has 2 heterocycles.